The van der Waals surface area contributed by atoms with Gasteiger partial charge in [-0.2, -0.15) is 0 Å². The predicted molar refractivity (Wildman–Crippen MR) is 143 cm³/mol. The summed E-state index contributed by atoms with van der Waals surface area (Å²) in [4.78, 5) is 12.9. The Morgan fingerprint density at radius 3 is 1.78 bits per heavy atom. The molecule has 1 N–H and O–H groups in total. The number of amidine groups is 1. The maximum absolute atomic E-state index is 4.58. The van der Waals surface area contributed by atoms with Crippen molar-refractivity contribution in [2.45, 2.75) is 54.6 Å². The fourth-order valence-corrected chi connectivity index (χ4v) is 2.72. The molecule has 0 aliphatic carbocycles. The van der Waals surface area contributed by atoms with Crippen molar-refractivity contribution in [2.75, 3.05) is 19.3 Å². The molecular formula is C27H40N4S. The van der Waals surface area contributed by atoms with Crippen molar-refractivity contribution in [1.29, 1.82) is 0 Å². The van der Waals surface area contributed by atoms with Gasteiger partial charge < -0.3 is 5.32 Å². The Bertz CT molecular complexity index is 841. The van der Waals surface area contributed by atoms with E-state index in [0.717, 1.165) is 24.8 Å². The van der Waals surface area contributed by atoms with E-state index in [2.05, 4.69) is 98.4 Å². The smallest absolute Gasteiger partial charge is 0.156 e. The quantitative estimate of drug-likeness (QED) is 0.381. The van der Waals surface area contributed by atoms with E-state index in [-0.39, 0.29) is 10.8 Å². The standard InChI is InChI=1S/C14H22N2S.C13H18N2/c1-14(2,3)11-16-13(17-4)15-10-12-8-6-5-7-9-12;1-13(2,3)10-15-11-14-9-12-7-5-4-6-8-12/h5-9H,10-11H2,1-4H3,(H,15,16);4-8H,9-10H2,1-3H3. The number of thioether (sulfide) groups is 1. The van der Waals surface area contributed by atoms with Crippen LogP contribution in [-0.4, -0.2) is 30.5 Å². The van der Waals surface area contributed by atoms with Crippen LogP contribution < -0.4 is 5.32 Å². The summed E-state index contributed by atoms with van der Waals surface area (Å²) in [7, 11) is 0. The van der Waals surface area contributed by atoms with Crippen molar-refractivity contribution in [3.05, 3.63) is 71.8 Å². The minimum absolute atomic E-state index is 0.218. The molecule has 0 aliphatic heterocycles. The molecule has 4 nitrogen and oxygen atoms in total. The third-order valence-electron chi connectivity index (χ3n) is 4.01. The highest BCUT2D eigenvalue weighted by Gasteiger charge is 2.10. The molecule has 2 aromatic rings. The second kappa shape index (κ2) is 14.7. The van der Waals surface area contributed by atoms with E-state index in [0.29, 0.717) is 6.54 Å². The summed E-state index contributed by atoms with van der Waals surface area (Å²) in [6.45, 7) is 16.2. The Kier molecular flexibility index (Phi) is 12.7. The average molecular weight is 453 g/mol. The molecule has 174 valence electrons. The van der Waals surface area contributed by atoms with Crippen LogP contribution in [0.4, 0.5) is 0 Å². The van der Waals surface area contributed by atoms with E-state index >= 15 is 0 Å². The molecule has 0 fully saturated rings. The molecule has 0 amide bonds. The summed E-state index contributed by atoms with van der Waals surface area (Å²) in [6.07, 6.45) is 2.06. The first-order valence-electron chi connectivity index (χ1n) is 11.1. The van der Waals surface area contributed by atoms with E-state index in [4.69, 9.17) is 0 Å². The molecule has 2 aromatic carbocycles. The molecule has 2 rings (SSSR count). The Morgan fingerprint density at radius 2 is 1.31 bits per heavy atom. The van der Waals surface area contributed by atoms with Crippen molar-refractivity contribution in [3.8, 4) is 0 Å². The molecule has 0 atom stereocenters. The van der Waals surface area contributed by atoms with Crippen molar-refractivity contribution in [3.63, 3.8) is 0 Å². The second-order valence-corrected chi connectivity index (χ2v) is 10.8. The molecule has 0 spiro atoms. The number of aliphatic imine (C=N–C) groups is 3. The highest BCUT2D eigenvalue weighted by Crippen LogP contribution is 2.12. The Balaban J connectivity index is 0.000000323. The fraction of sp³-hybridized carbons (Fsp3) is 0.481. The normalized spacial score (nSPS) is 11.7. The molecule has 5 heteroatoms. The number of hydrogen-bond acceptors (Lipinski definition) is 4. The van der Waals surface area contributed by atoms with Crippen LogP contribution in [0.5, 0.6) is 0 Å². The largest absolute Gasteiger partial charge is 0.364 e. The summed E-state index contributed by atoms with van der Waals surface area (Å²) in [6, 6.07) is 23.2. The van der Waals surface area contributed by atoms with Gasteiger partial charge >= 0.3 is 0 Å². The lowest BCUT2D eigenvalue weighted by Crippen LogP contribution is -2.30. The number of rotatable bonds is 6. The minimum Gasteiger partial charge on any atom is -0.364 e. The topological polar surface area (TPSA) is 49.1 Å². The van der Waals surface area contributed by atoms with Gasteiger partial charge in [0.2, 0.25) is 0 Å². The molecule has 0 saturated carbocycles. The molecule has 0 aromatic heterocycles. The summed E-state index contributed by atoms with van der Waals surface area (Å²) in [5.74, 6) is 0. The van der Waals surface area contributed by atoms with Gasteiger partial charge in [0.15, 0.2) is 5.17 Å². The van der Waals surface area contributed by atoms with Crippen molar-refractivity contribution in [2.24, 2.45) is 25.8 Å². The summed E-state index contributed by atoms with van der Waals surface area (Å²) < 4.78 is 0. The molecular weight excluding hydrogens is 412 g/mol. The molecule has 0 bridgehead atoms. The third-order valence-corrected chi connectivity index (χ3v) is 4.67. The zero-order valence-electron chi connectivity index (χ0n) is 20.9. The predicted octanol–water partition coefficient (Wildman–Crippen LogP) is 6.95. The highest BCUT2D eigenvalue weighted by molar-refractivity contribution is 8.13. The number of benzene rings is 2. The lowest BCUT2D eigenvalue weighted by Gasteiger charge is -2.19. The molecule has 0 heterocycles. The van der Waals surface area contributed by atoms with E-state index in [1.165, 1.54) is 11.1 Å². The van der Waals surface area contributed by atoms with Crippen LogP contribution in [0.15, 0.2) is 75.6 Å². The zero-order chi connectivity index (χ0) is 23.9. The average Bonchev–Trinajstić information content (AvgIpc) is 2.74. The number of nitrogens with zero attached hydrogens (tertiary/aromatic N) is 3. The van der Waals surface area contributed by atoms with Crippen LogP contribution in [0.3, 0.4) is 0 Å². The van der Waals surface area contributed by atoms with Crippen molar-refractivity contribution < 1.29 is 0 Å². The van der Waals surface area contributed by atoms with Crippen molar-refractivity contribution >= 4 is 22.9 Å². The lowest BCUT2D eigenvalue weighted by molar-refractivity contribution is 0.410. The maximum atomic E-state index is 4.58. The van der Waals surface area contributed by atoms with Crippen LogP contribution >= 0.6 is 11.8 Å². The molecule has 32 heavy (non-hydrogen) atoms. The van der Waals surface area contributed by atoms with E-state index < -0.39 is 0 Å². The first-order chi connectivity index (χ1) is 15.1. The molecule has 0 unspecified atom stereocenters. The van der Waals surface area contributed by atoms with Gasteiger partial charge in [-0.25, -0.2) is 9.98 Å². The van der Waals surface area contributed by atoms with Crippen molar-refractivity contribution in [1.82, 2.24) is 5.32 Å². The van der Waals surface area contributed by atoms with Gasteiger partial charge in [0.05, 0.1) is 25.6 Å². The van der Waals surface area contributed by atoms with Gasteiger partial charge in [-0.05, 0) is 28.2 Å². The van der Waals surface area contributed by atoms with Crippen LogP contribution in [0.25, 0.3) is 0 Å². The van der Waals surface area contributed by atoms with E-state index in [1.807, 2.05) is 36.4 Å². The first-order valence-corrected chi connectivity index (χ1v) is 12.3. The van der Waals surface area contributed by atoms with E-state index in [1.54, 1.807) is 11.8 Å². The molecule has 0 saturated heterocycles. The maximum Gasteiger partial charge on any atom is 0.156 e. The van der Waals surface area contributed by atoms with Crippen LogP contribution in [-0.2, 0) is 13.1 Å². The molecule has 0 radical (unpaired) electrons. The van der Waals surface area contributed by atoms with Crippen LogP contribution in [0.1, 0.15) is 52.7 Å². The van der Waals surface area contributed by atoms with Crippen LogP contribution in [0, 0.1) is 10.8 Å². The van der Waals surface area contributed by atoms with Crippen LogP contribution in [0.2, 0.25) is 0 Å². The Morgan fingerprint density at radius 1 is 0.781 bits per heavy atom. The highest BCUT2D eigenvalue weighted by atomic mass is 32.2. The third kappa shape index (κ3) is 15.4. The first kappa shape index (κ1) is 27.7. The molecule has 0 aliphatic rings. The summed E-state index contributed by atoms with van der Waals surface area (Å²) in [5.41, 5.74) is 2.94. The van der Waals surface area contributed by atoms with Gasteiger partial charge in [-0.3, -0.25) is 4.99 Å². The number of nitrogens with one attached hydrogen (secondary N) is 1. The fourth-order valence-electron chi connectivity index (χ4n) is 2.31. The van der Waals surface area contributed by atoms with Gasteiger partial charge in [0, 0.05) is 6.54 Å². The zero-order valence-corrected chi connectivity index (χ0v) is 21.7. The van der Waals surface area contributed by atoms with Gasteiger partial charge in [0.25, 0.3) is 0 Å². The minimum atomic E-state index is 0.218. The lowest BCUT2D eigenvalue weighted by atomic mass is 9.97. The summed E-state index contributed by atoms with van der Waals surface area (Å²) in [5, 5.41) is 4.41. The van der Waals surface area contributed by atoms with Gasteiger partial charge in [-0.1, -0.05) is 114 Å². The second-order valence-electron chi connectivity index (χ2n) is 10.0. The summed E-state index contributed by atoms with van der Waals surface area (Å²) >= 11 is 1.67. The van der Waals surface area contributed by atoms with Gasteiger partial charge in [-0.15, -0.1) is 0 Å². The SMILES string of the molecule is CC(C)(C)CN=C=NCc1ccccc1.CSC(=NCc1ccccc1)NCC(C)(C)C. The Hall–Kier alpha value is -2.36. The van der Waals surface area contributed by atoms with Gasteiger partial charge in [0.1, 0.15) is 0 Å². The Labute approximate surface area is 199 Å². The number of hydrogen-bond donors (Lipinski definition) is 1. The monoisotopic (exact) mass is 452 g/mol. The van der Waals surface area contributed by atoms with E-state index in [9.17, 15) is 0 Å².